The highest BCUT2D eigenvalue weighted by Gasteiger charge is 2.25. The molecule has 2 atom stereocenters. The molecule has 0 radical (unpaired) electrons. The van der Waals surface area contributed by atoms with Crippen LogP contribution >= 0.6 is 0 Å². The number of ether oxygens (including phenoxy) is 1. The van der Waals surface area contributed by atoms with Gasteiger partial charge >= 0.3 is 0 Å². The van der Waals surface area contributed by atoms with E-state index in [9.17, 15) is 5.11 Å². The fraction of sp³-hybridized carbons (Fsp3) is 0.222. The number of aryl methyl sites for hydroxylation is 1. The van der Waals surface area contributed by atoms with Crippen LogP contribution < -0.4 is 0 Å². The van der Waals surface area contributed by atoms with Crippen LogP contribution in [0.15, 0.2) is 59.0 Å². The van der Waals surface area contributed by atoms with Gasteiger partial charge in [0.2, 0.25) is 0 Å². The van der Waals surface area contributed by atoms with Crippen molar-refractivity contribution in [3.8, 4) is 0 Å². The standard InChI is InChI=1S/C18H18O3/c1-12-7-6-10-14-11-15(21-17(12)14)16(19)18(20-2)13-8-4-3-5-9-13/h3-11,16,18-19H,1-2H3. The van der Waals surface area contributed by atoms with Crippen LogP contribution in [0.3, 0.4) is 0 Å². The molecule has 21 heavy (non-hydrogen) atoms. The minimum absolute atomic E-state index is 0.452. The summed E-state index contributed by atoms with van der Waals surface area (Å²) in [6.45, 7) is 1.99. The second-order valence-corrected chi connectivity index (χ2v) is 5.15. The van der Waals surface area contributed by atoms with Crippen molar-refractivity contribution >= 4 is 11.0 Å². The van der Waals surface area contributed by atoms with E-state index in [0.717, 1.165) is 22.1 Å². The number of methoxy groups -OCH3 is 1. The number of aliphatic hydroxyl groups excluding tert-OH is 1. The van der Waals surface area contributed by atoms with Gasteiger partial charge in [0.05, 0.1) is 0 Å². The van der Waals surface area contributed by atoms with Crippen LogP contribution in [0.25, 0.3) is 11.0 Å². The Balaban J connectivity index is 1.99. The molecule has 1 aromatic heterocycles. The van der Waals surface area contributed by atoms with Gasteiger partial charge in [-0.05, 0) is 24.1 Å². The second-order valence-electron chi connectivity index (χ2n) is 5.15. The van der Waals surface area contributed by atoms with Crippen LogP contribution in [-0.2, 0) is 4.74 Å². The van der Waals surface area contributed by atoms with Gasteiger partial charge in [0.15, 0.2) is 0 Å². The number of fused-ring (bicyclic) bond motifs is 1. The fourth-order valence-electron chi connectivity index (χ4n) is 2.61. The number of para-hydroxylation sites is 1. The molecule has 3 nitrogen and oxygen atoms in total. The Morgan fingerprint density at radius 2 is 1.81 bits per heavy atom. The summed E-state index contributed by atoms with van der Waals surface area (Å²) in [6.07, 6.45) is -1.30. The largest absolute Gasteiger partial charge is 0.458 e. The molecule has 3 heteroatoms. The molecule has 2 aromatic carbocycles. The summed E-state index contributed by atoms with van der Waals surface area (Å²) in [7, 11) is 1.59. The first-order chi connectivity index (χ1) is 10.2. The van der Waals surface area contributed by atoms with Crippen molar-refractivity contribution in [3.05, 3.63) is 71.5 Å². The summed E-state index contributed by atoms with van der Waals surface area (Å²) in [5.74, 6) is 0.523. The van der Waals surface area contributed by atoms with E-state index >= 15 is 0 Å². The Morgan fingerprint density at radius 3 is 2.48 bits per heavy atom. The topological polar surface area (TPSA) is 42.6 Å². The zero-order valence-corrected chi connectivity index (χ0v) is 12.1. The molecular formula is C18H18O3. The van der Waals surface area contributed by atoms with Crippen molar-refractivity contribution in [2.45, 2.75) is 19.1 Å². The molecule has 1 N–H and O–H groups in total. The first kappa shape index (κ1) is 13.9. The van der Waals surface area contributed by atoms with E-state index in [4.69, 9.17) is 9.15 Å². The lowest BCUT2D eigenvalue weighted by Crippen LogP contribution is -2.12. The van der Waals surface area contributed by atoms with Crippen LogP contribution in [0, 0.1) is 6.92 Å². The molecule has 0 fully saturated rings. The highest BCUT2D eigenvalue weighted by Crippen LogP contribution is 2.35. The second kappa shape index (κ2) is 5.72. The number of hydrogen-bond donors (Lipinski definition) is 1. The number of benzene rings is 2. The third-order valence-corrected chi connectivity index (χ3v) is 3.72. The molecule has 1 heterocycles. The Morgan fingerprint density at radius 1 is 1.05 bits per heavy atom. The lowest BCUT2D eigenvalue weighted by molar-refractivity contribution is -0.0245. The van der Waals surface area contributed by atoms with E-state index in [2.05, 4.69) is 0 Å². The van der Waals surface area contributed by atoms with Crippen molar-refractivity contribution in [2.24, 2.45) is 0 Å². The maximum atomic E-state index is 10.6. The van der Waals surface area contributed by atoms with Gasteiger partial charge in [-0.1, -0.05) is 48.5 Å². The Hall–Kier alpha value is -2.10. The molecule has 3 aromatic rings. The predicted molar refractivity (Wildman–Crippen MR) is 82.1 cm³/mol. The smallest absolute Gasteiger partial charge is 0.142 e. The monoisotopic (exact) mass is 282 g/mol. The molecule has 0 spiro atoms. The van der Waals surface area contributed by atoms with Crippen LogP contribution in [0.1, 0.15) is 29.1 Å². The average molecular weight is 282 g/mol. The molecule has 0 bridgehead atoms. The van der Waals surface area contributed by atoms with E-state index in [0.29, 0.717) is 5.76 Å². The fourth-order valence-corrected chi connectivity index (χ4v) is 2.61. The summed E-state index contributed by atoms with van der Waals surface area (Å²) in [4.78, 5) is 0. The van der Waals surface area contributed by atoms with Gasteiger partial charge in [-0.2, -0.15) is 0 Å². The van der Waals surface area contributed by atoms with E-state index in [-0.39, 0.29) is 0 Å². The first-order valence-corrected chi connectivity index (χ1v) is 6.95. The summed E-state index contributed by atoms with van der Waals surface area (Å²) >= 11 is 0. The zero-order chi connectivity index (χ0) is 14.8. The van der Waals surface area contributed by atoms with Crippen molar-refractivity contribution in [1.82, 2.24) is 0 Å². The van der Waals surface area contributed by atoms with E-state index in [1.165, 1.54) is 0 Å². The van der Waals surface area contributed by atoms with E-state index in [1.54, 1.807) is 7.11 Å². The van der Waals surface area contributed by atoms with Gasteiger partial charge in [-0.25, -0.2) is 0 Å². The molecule has 2 unspecified atom stereocenters. The summed E-state index contributed by atoms with van der Waals surface area (Å²) in [5.41, 5.74) is 2.79. The van der Waals surface area contributed by atoms with E-state index in [1.807, 2.05) is 61.5 Å². The molecule has 0 aliphatic rings. The minimum Gasteiger partial charge on any atom is -0.458 e. The van der Waals surface area contributed by atoms with Gasteiger partial charge in [-0.3, -0.25) is 0 Å². The molecule has 108 valence electrons. The Kier molecular flexibility index (Phi) is 3.78. The normalized spacial score (nSPS) is 14.2. The zero-order valence-electron chi connectivity index (χ0n) is 12.1. The lowest BCUT2D eigenvalue weighted by atomic mass is 10.0. The van der Waals surface area contributed by atoms with Crippen molar-refractivity contribution in [3.63, 3.8) is 0 Å². The third-order valence-electron chi connectivity index (χ3n) is 3.72. The molecule has 0 amide bonds. The van der Waals surface area contributed by atoms with Crippen LogP contribution in [0.5, 0.6) is 0 Å². The van der Waals surface area contributed by atoms with Crippen molar-refractivity contribution < 1.29 is 14.3 Å². The average Bonchev–Trinajstić information content (AvgIpc) is 2.95. The van der Waals surface area contributed by atoms with Crippen molar-refractivity contribution in [1.29, 1.82) is 0 Å². The van der Waals surface area contributed by atoms with Crippen LogP contribution in [-0.4, -0.2) is 12.2 Å². The minimum atomic E-state index is -0.843. The lowest BCUT2D eigenvalue weighted by Gasteiger charge is -2.20. The van der Waals surface area contributed by atoms with Gasteiger partial charge in [-0.15, -0.1) is 0 Å². The molecule has 0 saturated heterocycles. The highest BCUT2D eigenvalue weighted by molar-refractivity contribution is 5.81. The molecule has 0 saturated carbocycles. The van der Waals surface area contributed by atoms with Gasteiger partial charge in [0, 0.05) is 12.5 Å². The Labute approximate surface area is 123 Å². The van der Waals surface area contributed by atoms with Crippen LogP contribution in [0.4, 0.5) is 0 Å². The number of hydrogen-bond acceptors (Lipinski definition) is 3. The highest BCUT2D eigenvalue weighted by atomic mass is 16.5. The SMILES string of the molecule is COC(c1ccccc1)C(O)c1cc2cccc(C)c2o1. The van der Waals surface area contributed by atoms with E-state index < -0.39 is 12.2 Å². The van der Waals surface area contributed by atoms with Gasteiger partial charge < -0.3 is 14.3 Å². The number of rotatable bonds is 4. The first-order valence-electron chi connectivity index (χ1n) is 6.95. The molecule has 3 rings (SSSR count). The summed E-state index contributed by atoms with van der Waals surface area (Å²) in [5, 5.41) is 11.6. The maximum Gasteiger partial charge on any atom is 0.142 e. The summed E-state index contributed by atoms with van der Waals surface area (Å²) < 4.78 is 11.3. The number of furan rings is 1. The van der Waals surface area contributed by atoms with Gasteiger partial charge in [0.25, 0.3) is 0 Å². The van der Waals surface area contributed by atoms with Gasteiger partial charge in [0.1, 0.15) is 23.6 Å². The Bertz CT molecular complexity index is 731. The maximum absolute atomic E-state index is 10.6. The van der Waals surface area contributed by atoms with Crippen LogP contribution in [0.2, 0.25) is 0 Å². The predicted octanol–water partition coefficient (Wildman–Crippen LogP) is 4.16. The quantitative estimate of drug-likeness (QED) is 0.781. The molecular weight excluding hydrogens is 264 g/mol. The molecule has 0 aliphatic carbocycles. The summed E-state index contributed by atoms with van der Waals surface area (Å²) in [6, 6.07) is 17.5. The van der Waals surface area contributed by atoms with Crippen molar-refractivity contribution in [2.75, 3.05) is 7.11 Å². The third kappa shape index (κ3) is 2.58. The molecule has 0 aliphatic heterocycles. The number of aliphatic hydroxyl groups is 1.